The first-order chi connectivity index (χ1) is 8.38. The van der Waals surface area contributed by atoms with Gasteiger partial charge in [0, 0.05) is 0 Å². The van der Waals surface area contributed by atoms with Crippen molar-refractivity contribution in [2.45, 2.75) is 60.0 Å². The van der Waals surface area contributed by atoms with Crippen LogP contribution in [0.1, 0.15) is 54.4 Å². The van der Waals surface area contributed by atoms with Crippen LogP contribution in [0.3, 0.4) is 0 Å². The van der Waals surface area contributed by atoms with E-state index in [9.17, 15) is 4.79 Å². The van der Waals surface area contributed by atoms with Crippen LogP contribution in [0.5, 0.6) is 0 Å². The van der Waals surface area contributed by atoms with E-state index in [2.05, 4.69) is 13.8 Å². The maximum atomic E-state index is 12.0. The SMILES string of the molecule is CCC(CC)(OCC(C)C)C(=O)OOCC(C)C. The number of hydrogen-bond donors (Lipinski definition) is 0. The van der Waals surface area contributed by atoms with Crippen LogP contribution in [-0.2, 0) is 19.3 Å². The number of carbonyl (C=O) groups excluding carboxylic acids is 1. The van der Waals surface area contributed by atoms with E-state index >= 15 is 0 Å². The van der Waals surface area contributed by atoms with E-state index in [4.69, 9.17) is 14.5 Å². The van der Waals surface area contributed by atoms with Crippen LogP contribution < -0.4 is 0 Å². The maximum absolute atomic E-state index is 12.0. The van der Waals surface area contributed by atoms with Crippen molar-refractivity contribution in [1.82, 2.24) is 0 Å². The fraction of sp³-hybridized carbons (Fsp3) is 0.929. The highest BCUT2D eigenvalue weighted by atomic mass is 17.2. The van der Waals surface area contributed by atoms with Gasteiger partial charge in [-0.3, -0.25) is 4.89 Å². The summed E-state index contributed by atoms with van der Waals surface area (Å²) in [5.41, 5.74) is -0.874. The van der Waals surface area contributed by atoms with Gasteiger partial charge in [-0.2, -0.15) is 4.89 Å². The van der Waals surface area contributed by atoms with Crippen molar-refractivity contribution >= 4 is 5.97 Å². The largest absolute Gasteiger partial charge is 0.373 e. The minimum absolute atomic E-state index is 0.326. The Labute approximate surface area is 111 Å². The van der Waals surface area contributed by atoms with E-state index in [1.54, 1.807) is 0 Å². The summed E-state index contributed by atoms with van der Waals surface area (Å²) in [4.78, 5) is 21.9. The summed E-state index contributed by atoms with van der Waals surface area (Å²) in [6.07, 6.45) is 1.17. The Kier molecular flexibility index (Phi) is 8.20. The van der Waals surface area contributed by atoms with Gasteiger partial charge in [-0.1, -0.05) is 41.5 Å². The van der Waals surface area contributed by atoms with Crippen LogP contribution >= 0.6 is 0 Å². The molecule has 0 aliphatic rings. The van der Waals surface area contributed by atoms with Crippen LogP contribution in [0.2, 0.25) is 0 Å². The van der Waals surface area contributed by atoms with Gasteiger partial charge < -0.3 is 4.74 Å². The molecule has 0 radical (unpaired) electrons. The summed E-state index contributed by atoms with van der Waals surface area (Å²) in [6.45, 7) is 12.9. The molecule has 18 heavy (non-hydrogen) atoms. The van der Waals surface area contributed by atoms with Gasteiger partial charge in [0.2, 0.25) is 0 Å². The Morgan fingerprint density at radius 2 is 1.50 bits per heavy atom. The molecule has 0 atom stereocenters. The molecule has 108 valence electrons. The van der Waals surface area contributed by atoms with Crippen molar-refractivity contribution in [1.29, 1.82) is 0 Å². The van der Waals surface area contributed by atoms with E-state index in [1.807, 2.05) is 27.7 Å². The average Bonchev–Trinajstić information content (AvgIpc) is 2.30. The molecule has 4 nitrogen and oxygen atoms in total. The molecule has 0 aromatic heterocycles. The van der Waals surface area contributed by atoms with Gasteiger partial charge in [0.05, 0.1) is 13.2 Å². The van der Waals surface area contributed by atoms with Crippen molar-refractivity contribution in [2.24, 2.45) is 11.8 Å². The second-order valence-corrected chi connectivity index (χ2v) is 5.46. The molecular formula is C14H28O4. The molecular weight excluding hydrogens is 232 g/mol. The molecule has 0 aromatic carbocycles. The van der Waals surface area contributed by atoms with Gasteiger partial charge in [-0.15, -0.1) is 0 Å². The third-order valence-corrected chi connectivity index (χ3v) is 2.74. The number of rotatable bonds is 9. The minimum Gasteiger partial charge on any atom is -0.363 e. The third-order valence-electron chi connectivity index (χ3n) is 2.74. The second-order valence-electron chi connectivity index (χ2n) is 5.46. The maximum Gasteiger partial charge on any atom is 0.373 e. The molecule has 0 aliphatic heterocycles. The van der Waals surface area contributed by atoms with E-state index < -0.39 is 11.6 Å². The fourth-order valence-corrected chi connectivity index (χ4v) is 1.43. The van der Waals surface area contributed by atoms with E-state index in [0.717, 1.165) is 0 Å². The number of carbonyl (C=O) groups is 1. The zero-order valence-corrected chi connectivity index (χ0v) is 12.6. The molecule has 0 heterocycles. The van der Waals surface area contributed by atoms with Gasteiger partial charge in [0.15, 0.2) is 5.60 Å². The van der Waals surface area contributed by atoms with Crippen molar-refractivity contribution < 1.29 is 19.3 Å². The lowest BCUT2D eigenvalue weighted by Crippen LogP contribution is -2.43. The molecule has 0 unspecified atom stereocenters. The molecule has 0 saturated carbocycles. The molecule has 0 saturated heterocycles. The van der Waals surface area contributed by atoms with Crippen LogP contribution in [0.15, 0.2) is 0 Å². The number of ether oxygens (including phenoxy) is 1. The lowest BCUT2D eigenvalue weighted by atomic mass is 9.97. The van der Waals surface area contributed by atoms with Gasteiger partial charge in [-0.05, 0) is 24.7 Å². The van der Waals surface area contributed by atoms with Crippen LogP contribution in [0.25, 0.3) is 0 Å². The third kappa shape index (κ3) is 5.83. The highest BCUT2D eigenvalue weighted by Gasteiger charge is 2.39. The molecule has 4 heteroatoms. The van der Waals surface area contributed by atoms with Crippen LogP contribution in [-0.4, -0.2) is 24.8 Å². The molecule has 0 aromatic rings. The van der Waals surface area contributed by atoms with Crippen molar-refractivity contribution in [3.63, 3.8) is 0 Å². The smallest absolute Gasteiger partial charge is 0.363 e. The minimum atomic E-state index is -0.874. The first-order valence-corrected chi connectivity index (χ1v) is 6.85. The van der Waals surface area contributed by atoms with E-state index in [0.29, 0.717) is 37.9 Å². The topological polar surface area (TPSA) is 44.8 Å². The Balaban J connectivity index is 4.41. The first-order valence-electron chi connectivity index (χ1n) is 6.85. The molecule has 0 aliphatic carbocycles. The molecule has 0 bridgehead atoms. The summed E-state index contributed by atoms with van der Waals surface area (Å²) >= 11 is 0. The fourth-order valence-electron chi connectivity index (χ4n) is 1.43. The highest BCUT2D eigenvalue weighted by molar-refractivity contribution is 5.78. The Bertz CT molecular complexity index is 232. The van der Waals surface area contributed by atoms with Crippen molar-refractivity contribution in [2.75, 3.05) is 13.2 Å². The van der Waals surface area contributed by atoms with Crippen molar-refractivity contribution in [3.05, 3.63) is 0 Å². The Morgan fingerprint density at radius 3 is 1.89 bits per heavy atom. The first kappa shape index (κ1) is 17.4. The molecule has 0 amide bonds. The van der Waals surface area contributed by atoms with Gasteiger partial charge in [0.25, 0.3) is 0 Å². The molecule has 0 N–H and O–H groups in total. The summed E-state index contributed by atoms with van der Waals surface area (Å²) in [5, 5.41) is 0. The average molecular weight is 260 g/mol. The van der Waals surface area contributed by atoms with Gasteiger partial charge in [0.1, 0.15) is 0 Å². The molecule has 0 fully saturated rings. The summed E-state index contributed by atoms with van der Waals surface area (Å²) in [7, 11) is 0. The van der Waals surface area contributed by atoms with E-state index in [-0.39, 0.29) is 0 Å². The highest BCUT2D eigenvalue weighted by Crippen LogP contribution is 2.23. The van der Waals surface area contributed by atoms with Crippen LogP contribution in [0.4, 0.5) is 0 Å². The zero-order chi connectivity index (χ0) is 14.2. The monoisotopic (exact) mass is 260 g/mol. The predicted molar refractivity (Wildman–Crippen MR) is 71.0 cm³/mol. The Hall–Kier alpha value is -0.610. The zero-order valence-electron chi connectivity index (χ0n) is 12.6. The van der Waals surface area contributed by atoms with E-state index in [1.165, 1.54) is 0 Å². The summed E-state index contributed by atoms with van der Waals surface area (Å²) < 4.78 is 5.75. The Morgan fingerprint density at radius 1 is 1.00 bits per heavy atom. The summed E-state index contributed by atoms with van der Waals surface area (Å²) in [5.74, 6) is 0.285. The lowest BCUT2D eigenvalue weighted by molar-refractivity contribution is -0.292. The van der Waals surface area contributed by atoms with Crippen LogP contribution in [0, 0.1) is 11.8 Å². The molecule has 0 rings (SSSR count). The normalized spacial score (nSPS) is 12.2. The predicted octanol–water partition coefficient (Wildman–Crippen LogP) is 3.35. The van der Waals surface area contributed by atoms with Gasteiger partial charge in [-0.25, -0.2) is 4.79 Å². The number of hydrogen-bond acceptors (Lipinski definition) is 4. The standard InChI is InChI=1S/C14H28O4/c1-7-14(8-2,16-9-11(3)4)13(15)18-17-10-12(5)6/h11-12H,7-10H2,1-6H3. The second kappa shape index (κ2) is 8.48. The van der Waals surface area contributed by atoms with Gasteiger partial charge >= 0.3 is 5.97 Å². The van der Waals surface area contributed by atoms with Crippen molar-refractivity contribution in [3.8, 4) is 0 Å². The quantitative estimate of drug-likeness (QED) is 0.471. The lowest BCUT2D eigenvalue weighted by Gasteiger charge is -2.29. The summed E-state index contributed by atoms with van der Waals surface area (Å²) in [6, 6.07) is 0. The molecule has 0 spiro atoms.